The van der Waals surface area contributed by atoms with E-state index in [9.17, 15) is 4.79 Å². The van der Waals surface area contributed by atoms with Crippen molar-refractivity contribution in [2.24, 2.45) is 0 Å². The Kier molecular flexibility index (Phi) is 5.62. The summed E-state index contributed by atoms with van der Waals surface area (Å²) in [5, 5.41) is 0. The largest absolute Gasteiger partial charge is 0.369 e. The summed E-state index contributed by atoms with van der Waals surface area (Å²) in [6.45, 7) is 9.94. The number of benzene rings is 2. The van der Waals surface area contributed by atoms with Crippen LogP contribution in [0.4, 0.5) is 11.4 Å². The third-order valence-corrected chi connectivity index (χ3v) is 5.08. The van der Waals surface area contributed by atoms with E-state index in [1.807, 2.05) is 29.2 Å². The van der Waals surface area contributed by atoms with Crippen molar-refractivity contribution in [3.63, 3.8) is 0 Å². The van der Waals surface area contributed by atoms with Crippen molar-refractivity contribution in [1.29, 1.82) is 0 Å². The van der Waals surface area contributed by atoms with Gasteiger partial charge in [-0.05, 0) is 63.7 Å². The number of fused-ring (bicyclic) bond motifs is 1. The number of amides is 1. The van der Waals surface area contributed by atoms with E-state index in [4.69, 9.17) is 0 Å². The molecule has 1 heterocycles. The highest BCUT2D eigenvalue weighted by Crippen LogP contribution is 2.26. The Labute approximate surface area is 157 Å². The van der Waals surface area contributed by atoms with Crippen LogP contribution in [0.15, 0.2) is 48.5 Å². The second-order valence-electron chi connectivity index (χ2n) is 7.25. The molecule has 0 radical (unpaired) electrons. The molecule has 0 fully saturated rings. The highest BCUT2D eigenvalue weighted by Gasteiger charge is 2.23. The molecule has 4 heteroatoms. The Bertz CT molecular complexity index is 754. The quantitative estimate of drug-likeness (QED) is 0.833. The predicted molar refractivity (Wildman–Crippen MR) is 109 cm³/mol. The van der Waals surface area contributed by atoms with Crippen molar-refractivity contribution < 1.29 is 4.79 Å². The molecule has 0 spiro atoms. The van der Waals surface area contributed by atoms with Crippen molar-refractivity contribution in [3.05, 3.63) is 59.7 Å². The number of carbonyl (C=O) groups is 1. The normalized spacial score (nSPS) is 14.9. The molecule has 2 aromatic carbocycles. The standard InChI is InChI=1S/C22H29N3O/c1-5-24(17(2)3)20-12-10-18(11-13-20)22(26)25-15-14-23(4)16-19-8-6-7-9-21(19)25/h6-13,17H,5,14-16H2,1-4H3. The Morgan fingerprint density at radius 2 is 1.77 bits per heavy atom. The molecule has 3 rings (SSSR count). The molecule has 1 aliphatic heterocycles. The SMILES string of the molecule is CCN(c1ccc(C(=O)N2CCN(C)Cc3ccccc32)cc1)C(C)C. The minimum Gasteiger partial charge on any atom is -0.369 e. The lowest BCUT2D eigenvalue weighted by atomic mass is 10.1. The first-order valence-electron chi connectivity index (χ1n) is 9.46. The van der Waals surface area contributed by atoms with E-state index in [1.165, 1.54) is 5.56 Å². The molecule has 0 bridgehead atoms. The van der Waals surface area contributed by atoms with Crippen molar-refractivity contribution >= 4 is 17.3 Å². The summed E-state index contributed by atoms with van der Waals surface area (Å²) in [7, 11) is 2.10. The Balaban J connectivity index is 1.87. The van der Waals surface area contributed by atoms with E-state index in [-0.39, 0.29) is 5.91 Å². The van der Waals surface area contributed by atoms with Gasteiger partial charge in [0.05, 0.1) is 0 Å². The summed E-state index contributed by atoms with van der Waals surface area (Å²) in [5.74, 6) is 0.0758. The van der Waals surface area contributed by atoms with E-state index in [2.05, 4.69) is 61.9 Å². The maximum atomic E-state index is 13.2. The van der Waals surface area contributed by atoms with Crippen LogP contribution >= 0.6 is 0 Å². The summed E-state index contributed by atoms with van der Waals surface area (Å²) in [6, 6.07) is 16.7. The lowest BCUT2D eigenvalue weighted by Gasteiger charge is -2.28. The van der Waals surface area contributed by atoms with Crippen molar-refractivity contribution in [3.8, 4) is 0 Å². The Morgan fingerprint density at radius 3 is 2.42 bits per heavy atom. The molecule has 4 nitrogen and oxygen atoms in total. The lowest BCUT2D eigenvalue weighted by Crippen LogP contribution is -2.35. The average Bonchev–Trinajstić information content (AvgIpc) is 2.80. The third kappa shape index (κ3) is 3.75. The molecule has 0 N–H and O–H groups in total. The highest BCUT2D eigenvalue weighted by atomic mass is 16.2. The van der Waals surface area contributed by atoms with Crippen LogP contribution in [-0.2, 0) is 6.54 Å². The highest BCUT2D eigenvalue weighted by molar-refractivity contribution is 6.06. The van der Waals surface area contributed by atoms with Gasteiger partial charge in [-0.3, -0.25) is 4.79 Å². The summed E-state index contributed by atoms with van der Waals surface area (Å²) in [5.41, 5.74) is 4.14. The summed E-state index contributed by atoms with van der Waals surface area (Å²) in [6.07, 6.45) is 0. The molecule has 0 saturated heterocycles. The zero-order valence-corrected chi connectivity index (χ0v) is 16.3. The molecule has 0 aliphatic carbocycles. The summed E-state index contributed by atoms with van der Waals surface area (Å²) < 4.78 is 0. The average molecular weight is 351 g/mol. The van der Waals surface area contributed by atoms with Crippen LogP contribution in [0.25, 0.3) is 0 Å². The van der Waals surface area contributed by atoms with Gasteiger partial charge in [-0.2, -0.15) is 0 Å². The van der Waals surface area contributed by atoms with Crippen LogP contribution in [0.2, 0.25) is 0 Å². The van der Waals surface area contributed by atoms with Gasteiger partial charge in [0.25, 0.3) is 5.91 Å². The first-order chi connectivity index (χ1) is 12.5. The van der Waals surface area contributed by atoms with Crippen LogP contribution in [0.1, 0.15) is 36.7 Å². The molecule has 1 aliphatic rings. The molecular formula is C22H29N3O. The number of rotatable bonds is 4. The molecule has 138 valence electrons. The van der Waals surface area contributed by atoms with Gasteiger partial charge >= 0.3 is 0 Å². The van der Waals surface area contributed by atoms with E-state index in [0.717, 1.165) is 36.6 Å². The van der Waals surface area contributed by atoms with Gasteiger partial charge in [0.2, 0.25) is 0 Å². The first kappa shape index (κ1) is 18.5. The van der Waals surface area contributed by atoms with E-state index < -0.39 is 0 Å². The van der Waals surface area contributed by atoms with Crippen LogP contribution in [-0.4, -0.2) is 43.5 Å². The van der Waals surface area contributed by atoms with Gasteiger partial charge in [0.1, 0.15) is 0 Å². The second kappa shape index (κ2) is 7.92. The van der Waals surface area contributed by atoms with Crippen LogP contribution in [0, 0.1) is 0 Å². The van der Waals surface area contributed by atoms with Gasteiger partial charge in [-0.1, -0.05) is 18.2 Å². The topological polar surface area (TPSA) is 26.8 Å². The first-order valence-corrected chi connectivity index (χ1v) is 9.46. The molecule has 0 saturated carbocycles. The predicted octanol–water partition coefficient (Wildman–Crippen LogP) is 4.01. The zero-order chi connectivity index (χ0) is 18.7. The van der Waals surface area contributed by atoms with Crippen molar-refractivity contribution in [1.82, 2.24) is 4.90 Å². The molecule has 0 aromatic heterocycles. The van der Waals surface area contributed by atoms with E-state index in [0.29, 0.717) is 12.6 Å². The minimum absolute atomic E-state index is 0.0758. The number of hydrogen-bond acceptors (Lipinski definition) is 3. The number of anilines is 2. The number of hydrogen-bond donors (Lipinski definition) is 0. The molecule has 26 heavy (non-hydrogen) atoms. The molecular weight excluding hydrogens is 322 g/mol. The number of para-hydroxylation sites is 1. The van der Waals surface area contributed by atoms with Crippen LogP contribution in [0.3, 0.4) is 0 Å². The van der Waals surface area contributed by atoms with Gasteiger partial charge in [0.15, 0.2) is 0 Å². The van der Waals surface area contributed by atoms with Gasteiger partial charge < -0.3 is 14.7 Å². The van der Waals surface area contributed by atoms with Crippen LogP contribution in [0.5, 0.6) is 0 Å². The monoisotopic (exact) mass is 351 g/mol. The van der Waals surface area contributed by atoms with Crippen molar-refractivity contribution in [2.75, 3.05) is 36.5 Å². The van der Waals surface area contributed by atoms with Gasteiger partial charge in [0, 0.05) is 49.2 Å². The summed E-state index contributed by atoms with van der Waals surface area (Å²) >= 11 is 0. The number of carbonyl (C=O) groups excluding carboxylic acids is 1. The van der Waals surface area contributed by atoms with Crippen LogP contribution < -0.4 is 9.80 Å². The zero-order valence-electron chi connectivity index (χ0n) is 16.3. The van der Waals surface area contributed by atoms with Gasteiger partial charge in [-0.15, -0.1) is 0 Å². The maximum absolute atomic E-state index is 13.2. The third-order valence-electron chi connectivity index (χ3n) is 5.08. The fourth-order valence-electron chi connectivity index (χ4n) is 3.68. The Morgan fingerprint density at radius 1 is 1.08 bits per heavy atom. The Hall–Kier alpha value is -2.33. The summed E-state index contributed by atoms with van der Waals surface area (Å²) in [4.78, 5) is 19.7. The maximum Gasteiger partial charge on any atom is 0.258 e. The molecule has 2 aromatic rings. The number of nitrogens with zero attached hydrogens (tertiary/aromatic N) is 3. The fraction of sp³-hybridized carbons (Fsp3) is 0.409. The smallest absolute Gasteiger partial charge is 0.258 e. The van der Waals surface area contributed by atoms with E-state index in [1.54, 1.807) is 0 Å². The lowest BCUT2D eigenvalue weighted by molar-refractivity contribution is 0.0986. The van der Waals surface area contributed by atoms with E-state index >= 15 is 0 Å². The fourth-order valence-corrected chi connectivity index (χ4v) is 3.68. The van der Waals surface area contributed by atoms with Gasteiger partial charge in [-0.25, -0.2) is 0 Å². The number of likely N-dealkylation sites (N-methyl/N-ethyl adjacent to an activating group) is 1. The second-order valence-corrected chi connectivity index (χ2v) is 7.25. The molecule has 0 atom stereocenters. The molecule has 0 unspecified atom stereocenters. The molecule has 1 amide bonds. The van der Waals surface area contributed by atoms with Crippen molar-refractivity contribution in [2.45, 2.75) is 33.4 Å². The minimum atomic E-state index is 0.0758.